The van der Waals surface area contributed by atoms with Crippen molar-refractivity contribution in [2.45, 2.75) is 77.5 Å². The Bertz CT molecular complexity index is 1350. The molecule has 9 heteroatoms. The van der Waals surface area contributed by atoms with Crippen LogP contribution < -0.4 is 9.47 Å². The maximum Gasteiger partial charge on any atom is 0.309 e. The zero-order valence-electron chi connectivity index (χ0n) is 24.9. The first-order valence-corrected chi connectivity index (χ1v) is 14.6. The molecular weight excluding hydrogens is 550 g/mol. The van der Waals surface area contributed by atoms with Crippen LogP contribution >= 0.6 is 0 Å². The van der Waals surface area contributed by atoms with Gasteiger partial charge in [-0.3, -0.25) is 14.4 Å². The summed E-state index contributed by atoms with van der Waals surface area (Å²) in [6, 6.07) is 21.2. The maximum absolute atomic E-state index is 13.5. The number of carbonyl (C=O) groups is 3. The average Bonchev–Trinajstić information content (AvgIpc) is 3.01. The summed E-state index contributed by atoms with van der Waals surface area (Å²) in [7, 11) is 1.41. The highest BCUT2D eigenvalue weighted by Crippen LogP contribution is 2.32. The van der Waals surface area contributed by atoms with Crippen molar-refractivity contribution in [3.63, 3.8) is 0 Å². The molecule has 9 nitrogen and oxygen atoms in total. The number of hydrogen-bond acceptors (Lipinski definition) is 9. The Hall–Kier alpha value is -4.08. The van der Waals surface area contributed by atoms with Crippen molar-refractivity contribution in [2.75, 3.05) is 7.11 Å². The topological polar surface area (TPSA) is 110 Å². The number of carbonyl (C=O) groups excluding carboxylic acids is 3. The van der Waals surface area contributed by atoms with Crippen molar-refractivity contribution in [1.29, 1.82) is 0 Å². The number of cyclic esters (lactones) is 1. The Morgan fingerprint density at radius 1 is 0.907 bits per heavy atom. The molecule has 0 unspecified atom stereocenters. The molecule has 0 saturated carbocycles. The summed E-state index contributed by atoms with van der Waals surface area (Å²) in [5.41, 5.74) is 1.98. The van der Waals surface area contributed by atoms with Gasteiger partial charge in [0, 0.05) is 25.6 Å². The van der Waals surface area contributed by atoms with Crippen LogP contribution in [0, 0.1) is 5.92 Å². The number of pyridine rings is 1. The number of nitrogens with zero attached hydrogens (tertiary/aromatic N) is 1. The minimum atomic E-state index is -0.704. The minimum absolute atomic E-state index is 0.0584. The van der Waals surface area contributed by atoms with E-state index < -0.39 is 35.8 Å². The van der Waals surface area contributed by atoms with Gasteiger partial charge in [0.1, 0.15) is 12.2 Å². The summed E-state index contributed by atoms with van der Waals surface area (Å²) >= 11 is 0. The largest absolute Gasteiger partial charge is 0.493 e. The second-order valence-electron chi connectivity index (χ2n) is 10.6. The molecule has 0 N–H and O–H groups in total. The number of rotatable bonds is 11. The summed E-state index contributed by atoms with van der Waals surface area (Å²) in [6.07, 6.45) is 2.37. The van der Waals surface area contributed by atoms with E-state index in [1.807, 2.05) is 60.7 Å². The van der Waals surface area contributed by atoms with Crippen molar-refractivity contribution >= 4 is 17.7 Å². The van der Waals surface area contributed by atoms with E-state index in [4.69, 9.17) is 23.7 Å². The van der Waals surface area contributed by atoms with E-state index in [0.29, 0.717) is 32.5 Å². The highest BCUT2D eigenvalue weighted by molar-refractivity contribution is 6.00. The van der Waals surface area contributed by atoms with Gasteiger partial charge in [0.05, 0.1) is 32.3 Å². The van der Waals surface area contributed by atoms with Gasteiger partial charge in [0.2, 0.25) is 5.75 Å². The molecule has 4 atom stereocenters. The lowest BCUT2D eigenvalue weighted by molar-refractivity contribution is -0.176. The Balaban J connectivity index is 1.51. The smallest absolute Gasteiger partial charge is 0.309 e. The molecule has 228 valence electrons. The van der Waals surface area contributed by atoms with Crippen LogP contribution in [0.2, 0.25) is 0 Å². The van der Waals surface area contributed by atoms with Crippen molar-refractivity contribution in [3.05, 3.63) is 89.7 Å². The number of benzene rings is 2. The van der Waals surface area contributed by atoms with Gasteiger partial charge >= 0.3 is 11.9 Å². The van der Waals surface area contributed by atoms with Gasteiger partial charge in [-0.2, -0.15) is 0 Å². The van der Waals surface area contributed by atoms with Crippen molar-refractivity contribution < 1.29 is 38.1 Å². The first-order valence-electron chi connectivity index (χ1n) is 14.6. The lowest BCUT2D eigenvalue weighted by Gasteiger charge is -2.33. The standard InChI is InChI=1S/C34H39NO8/c1-23-32(41-22-26-14-8-5-9-15-26)30(40-21-25-12-6-4-7-13-25)17-11-10-16-27(34(38)42-23)20-28(37)31-33(43-24(2)36)29(39-3)18-19-35-31/h4-9,12-15,18-19,23,27,30,32H,10-11,16-17,20-22H2,1-3H3/t23-,27+,30-,32-/m0/s1. The van der Waals surface area contributed by atoms with Crippen LogP contribution in [-0.2, 0) is 37.0 Å². The molecule has 0 bridgehead atoms. The molecule has 1 aliphatic heterocycles. The van der Waals surface area contributed by atoms with E-state index in [-0.39, 0.29) is 29.7 Å². The van der Waals surface area contributed by atoms with Crippen molar-refractivity contribution in [2.24, 2.45) is 5.92 Å². The zero-order valence-corrected chi connectivity index (χ0v) is 24.9. The Labute approximate surface area is 252 Å². The summed E-state index contributed by atoms with van der Waals surface area (Å²) in [5, 5.41) is 0. The minimum Gasteiger partial charge on any atom is -0.493 e. The van der Waals surface area contributed by atoms with Crippen LogP contribution in [-0.4, -0.2) is 48.1 Å². The van der Waals surface area contributed by atoms with Gasteiger partial charge in [-0.1, -0.05) is 73.5 Å². The summed E-state index contributed by atoms with van der Waals surface area (Å²) < 4.78 is 29.3. The molecule has 2 heterocycles. The molecular formula is C34H39NO8. The molecule has 1 saturated heterocycles. The molecule has 0 spiro atoms. The molecule has 0 aliphatic carbocycles. The fourth-order valence-corrected chi connectivity index (χ4v) is 5.17. The van der Waals surface area contributed by atoms with Gasteiger partial charge in [-0.15, -0.1) is 0 Å². The molecule has 0 radical (unpaired) electrons. The van der Waals surface area contributed by atoms with Crippen molar-refractivity contribution in [3.8, 4) is 11.5 Å². The van der Waals surface area contributed by atoms with Gasteiger partial charge in [-0.25, -0.2) is 4.98 Å². The zero-order chi connectivity index (χ0) is 30.6. The molecule has 1 aromatic heterocycles. The number of methoxy groups -OCH3 is 1. The normalized spacial score (nSPS) is 21.0. The fourth-order valence-electron chi connectivity index (χ4n) is 5.17. The third-order valence-electron chi connectivity index (χ3n) is 7.38. The van der Waals surface area contributed by atoms with Crippen LogP contribution in [0.25, 0.3) is 0 Å². The van der Waals surface area contributed by atoms with E-state index in [2.05, 4.69) is 4.98 Å². The number of Topliss-reactive ketones (excluding diaryl/α,β-unsaturated/α-hetero) is 1. The van der Waals surface area contributed by atoms with Crippen molar-refractivity contribution in [1.82, 2.24) is 4.98 Å². The van der Waals surface area contributed by atoms with E-state index in [1.54, 1.807) is 6.92 Å². The molecule has 2 aromatic carbocycles. The second kappa shape index (κ2) is 16.0. The molecule has 1 fully saturated rings. The molecule has 4 rings (SSSR count). The van der Waals surface area contributed by atoms with E-state index >= 15 is 0 Å². The van der Waals surface area contributed by atoms with Crippen LogP contribution in [0.15, 0.2) is 72.9 Å². The van der Waals surface area contributed by atoms with Gasteiger partial charge in [0.25, 0.3) is 0 Å². The molecule has 3 aromatic rings. The predicted octanol–water partition coefficient (Wildman–Crippen LogP) is 5.88. The maximum atomic E-state index is 13.5. The number of ether oxygens (including phenoxy) is 5. The average molecular weight is 590 g/mol. The second-order valence-corrected chi connectivity index (χ2v) is 10.6. The number of hydrogen-bond donors (Lipinski definition) is 0. The lowest BCUT2D eigenvalue weighted by Crippen LogP contribution is -2.43. The van der Waals surface area contributed by atoms with Crippen LogP contribution in [0.4, 0.5) is 0 Å². The number of esters is 2. The number of aromatic nitrogens is 1. The summed E-state index contributed by atoms with van der Waals surface area (Å²) in [6.45, 7) is 3.77. The van der Waals surface area contributed by atoms with E-state index in [1.165, 1.54) is 26.3 Å². The first-order chi connectivity index (χ1) is 20.9. The predicted molar refractivity (Wildman–Crippen MR) is 159 cm³/mol. The fraction of sp³-hybridized carbons (Fsp3) is 0.412. The van der Waals surface area contributed by atoms with Crippen LogP contribution in [0.1, 0.15) is 67.6 Å². The lowest BCUT2D eigenvalue weighted by atomic mass is 9.92. The van der Waals surface area contributed by atoms with Crippen LogP contribution in [0.3, 0.4) is 0 Å². The van der Waals surface area contributed by atoms with Gasteiger partial charge < -0.3 is 23.7 Å². The monoisotopic (exact) mass is 589 g/mol. The SMILES string of the molecule is COc1ccnc(C(=O)C[C@H]2CCCC[C@H](OCc3ccccc3)[C@@H](OCc3ccccc3)[C@H](C)OC2=O)c1OC(C)=O. The van der Waals surface area contributed by atoms with E-state index in [9.17, 15) is 14.4 Å². The first kappa shape index (κ1) is 31.8. The molecule has 43 heavy (non-hydrogen) atoms. The number of ketones is 1. The highest BCUT2D eigenvalue weighted by atomic mass is 16.6. The van der Waals surface area contributed by atoms with Crippen LogP contribution in [0.5, 0.6) is 11.5 Å². The summed E-state index contributed by atoms with van der Waals surface area (Å²) in [4.78, 5) is 42.7. The van der Waals surface area contributed by atoms with Gasteiger partial charge in [-0.05, 0) is 30.9 Å². The highest BCUT2D eigenvalue weighted by Gasteiger charge is 2.35. The molecule has 1 aliphatic rings. The Morgan fingerprint density at radius 2 is 1.53 bits per heavy atom. The summed E-state index contributed by atoms with van der Waals surface area (Å²) in [5.74, 6) is -2.10. The Kier molecular flexibility index (Phi) is 11.8. The quantitative estimate of drug-likeness (QED) is 0.200. The van der Waals surface area contributed by atoms with E-state index in [0.717, 1.165) is 17.5 Å². The Morgan fingerprint density at radius 3 is 2.16 bits per heavy atom. The molecule has 0 amide bonds. The third kappa shape index (κ3) is 9.20. The third-order valence-corrected chi connectivity index (χ3v) is 7.38. The van der Waals surface area contributed by atoms with Gasteiger partial charge in [0.15, 0.2) is 17.2 Å².